The van der Waals surface area contributed by atoms with Crippen LogP contribution in [0.2, 0.25) is 5.02 Å². The summed E-state index contributed by atoms with van der Waals surface area (Å²) in [5, 5.41) is 3.34. The zero-order chi connectivity index (χ0) is 15.0. The van der Waals surface area contributed by atoms with Crippen LogP contribution in [0.3, 0.4) is 0 Å². The summed E-state index contributed by atoms with van der Waals surface area (Å²) >= 11 is 6.03. The van der Waals surface area contributed by atoms with Crippen molar-refractivity contribution in [2.75, 3.05) is 5.32 Å². The highest BCUT2D eigenvalue weighted by molar-refractivity contribution is 6.31. The number of anilines is 1. The maximum Gasteiger partial charge on any atom is 0.261 e. The maximum atomic E-state index is 12.3. The van der Waals surface area contributed by atoms with E-state index in [0.717, 1.165) is 36.1 Å². The molecule has 0 saturated carbocycles. The van der Waals surface area contributed by atoms with E-state index in [1.807, 2.05) is 6.92 Å². The molecule has 2 N–H and O–H groups in total. The maximum absolute atomic E-state index is 12.3. The average molecular weight is 303 g/mol. The lowest BCUT2D eigenvalue weighted by Gasteiger charge is -2.10. The van der Waals surface area contributed by atoms with Gasteiger partial charge in [0.1, 0.15) is 5.56 Å². The minimum atomic E-state index is -0.406. The second kappa shape index (κ2) is 5.37. The summed E-state index contributed by atoms with van der Waals surface area (Å²) in [6, 6.07) is 6.99. The van der Waals surface area contributed by atoms with E-state index in [-0.39, 0.29) is 11.1 Å². The summed E-state index contributed by atoms with van der Waals surface area (Å²) in [5.74, 6) is -0.406. The van der Waals surface area contributed by atoms with Crippen LogP contribution in [-0.4, -0.2) is 10.9 Å². The van der Waals surface area contributed by atoms with Gasteiger partial charge in [0.2, 0.25) is 0 Å². The van der Waals surface area contributed by atoms with Crippen LogP contribution >= 0.6 is 11.6 Å². The lowest BCUT2D eigenvalue weighted by Crippen LogP contribution is -2.24. The largest absolute Gasteiger partial charge is 0.325 e. The zero-order valence-corrected chi connectivity index (χ0v) is 12.4. The Morgan fingerprint density at radius 1 is 1.33 bits per heavy atom. The summed E-state index contributed by atoms with van der Waals surface area (Å²) in [7, 11) is 0. The first kappa shape index (κ1) is 13.9. The van der Waals surface area contributed by atoms with Gasteiger partial charge in [0.15, 0.2) is 0 Å². The zero-order valence-electron chi connectivity index (χ0n) is 11.6. The number of nitrogens with one attached hydrogen (secondary N) is 2. The number of fused-ring (bicyclic) bond motifs is 1. The Morgan fingerprint density at radius 2 is 2.14 bits per heavy atom. The smallest absolute Gasteiger partial charge is 0.261 e. The van der Waals surface area contributed by atoms with Crippen molar-refractivity contribution < 1.29 is 4.79 Å². The normalized spacial score (nSPS) is 13.0. The summed E-state index contributed by atoms with van der Waals surface area (Å²) in [4.78, 5) is 27.2. The molecule has 2 aromatic rings. The fourth-order valence-corrected chi connectivity index (χ4v) is 2.79. The first-order valence-electron chi connectivity index (χ1n) is 6.88. The molecule has 21 heavy (non-hydrogen) atoms. The van der Waals surface area contributed by atoms with Crippen LogP contribution in [-0.2, 0) is 12.8 Å². The van der Waals surface area contributed by atoms with Gasteiger partial charge in [-0.3, -0.25) is 9.59 Å². The molecule has 3 rings (SSSR count). The van der Waals surface area contributed by atoms with Crippen LogP contribution in [0.15, 0.2) is 29.1 Å². The fourth-order valence-electron chi connectivity index (χ4n) is 2.61. The van der Waals surface area contributed by atoms with E-state index >= 15 is 0 Å². The number of hydrogen-bond acceptors (Lipinski definition) is 2. The van der Waals surface area contributed by atoms with Crippen LogP contribution in [0.25, 0.3) is 0 Å². The Hall–Kier alpha value is -2.07. The SMILES string of the molecule is Cc1c(Cl)cccc1NC(=O)c1cc2c([nH]c1=O)CCC2. The predicted octanol–water partition coefficient (Wildman–Crippen LogP) is 3.08. The Balaban J connectivity index is 1.93. The highest BCUT2D eigenvalue weighted by Gasteiger charge is 2.18. The standard InChI is InChI=1S/C16H15ClN2O2/c1-9-12(17)5-3-6-13(9)18-15(20)11-8-10-4-2-7-14(10)19-16(11)21/h3,5-6,8H,2,4,7H2,1H3,(H,18,20)(H,19,21). The van der Waals surface area contributed by atoms with Crippen molar-refractivity contribution in [2.45, 2.75) is 26.2 Å². The number of pyridine rings is 1. The molecule has 1 aliphatic carbocycles. The van der Waals surface area contributed by atoms with E-state index in [4.69, 9.17) is 11.6 Å². The number of aryl methyl sites for hydroxylation is 2. The number of H-pyrrole nitrogens is 1. The molecule has 1 aromatic heterocycles. The molecule has 0 atom stereocenters. The summed E-state index contributed by atoms with van der Waals surface area (Å²) < 4.78 is 0. The minimum absolute atomic E-state index is 0.148. The molecule has 1 amide bonds. The van der Waals surface area contributed by atoms with Gasteiger partial charge >= 0.3 is 0 Å². The van der Waals surface area contributed by atoms with Crippen LogP contribution in [0.5, 0.6) is 0 Å². The van der Waals surface area contributed by atoms with Gasteiger partial charge < -0.3 is 10.3 Å². The molecule has 0 bridgehead atoms. The summed E-state index contributed by atoms with van der Waals surface area (Å²) in [5.41, 5.74) is 3.22. The van der Waals surface area contributed by atoms with Gasteiger partial charge in [0.05, 0.1) is 0 Å². The molecule has 0 radical (unpaired) electrons. The Bertz CT molecular complexity index is 780. The van der Waals surface area contributed by atoms with Gasteiger partial charge in [0.25, 0.3) is 11.5 Å². The fraction of sp³-hybridized carbons (Fsp3) is 0.250. The average Bonchev–Trinajstić information content (AvgIpc) is 2.90. The van der Waals surface area contributed by atoms with Gasteiger partial charge in [0, 0.05) is 16.4 Å². The van der Waals surface area contributed by atoms with Crippen molar-refractivity contribution in [1.29, 1.82) is 0 Å². The molecular weight excluding hydrogens is 288 g/mol. The second-order valence-corrected chi connectivity index (χ2v) is 5.64. The number of hydrogen-bond donors (Lipinski definition) is 2. The molecule has 0 unspecified atom stereocenters. The van der Waals surface area contributed by atoms with Gasteiger partial charge in [-0.05, 0) is 55.5 Å². The molecule has 0 saturated heterocycles. The van der Waals surface area contributed by atoms with Gasteiger partial charge in [-0.25, -0.2) is 0 Å². The van der Waals surface area contributed by atoms with Crippen molar-refractivity contribution in [3.63, 3.8) is 0 Å². The monoisotopic (exact) mass is 302 g/mol. The topological polar surface area (TPSA) is 62.0 Å². The first-order valence-corrected chi connectivity index (χ1v) is 7.25. The van der Waals surface area contributed by atoms with E-state index in [1.54, 1.807) is 24.3 Å². The van der Waals surface area contributed by atoms with Crippen LogP contribution in [0, 0.1) is 6.92 Å². The number of rotatable bonds is 2. The van der Waals surface area contributed by atoms with Crippen molar-refractivity contribution in [1.82, 2.24) is 4.98 Å². The number of aromatic amines is 1. The van der Waals surface area contributed by atoms with Crippen LogP contribution in [0.4, 0.5) is 5.69 Å². The lowest BCUT2D eigenvalue weighted by molar-refractivity contribution is 0.102. The van der Waals surface area contributed by atoms with Crippen molar-refractivity contribution in [3.8, 4) is 0 Å². The molecule has 0 spiro atoms. The van der Waals surface area contributed by atoms with E-state index in [1.165, 1.54) is 0 Å². The van der Waals surface area contributed by atoms with E-state index in [0.29, 0.717) is 10.7 Å². The second-order valence-electron chi connectivity index (χ2n) is 5.24. The number of carbonyl (C=O) groups excluding carboxylic acids is 1. The molecule has 0 aliphatic heterocycles. The molecule has 5 heteroatoms. The highest BCUT2D eigenvalue weighted by Crippen LogP contribution is 2.24. The van der Waals surface area contributed by atoms with Gasteiger partial charge in [-0.2, -0.15) is 0 Å². The third-order valence-electron chi connectivity index (χ3n) is 3.85. The summed E-state index contributed by atoms with van der Waals surface area (Å²) in [6.45, 7) is 1.82. The van der Waals surface area contributed by atoms with Crippen LogP contribution < -0.4 is 10.9 Å². The molecular formula is C16H15ClN2O2. The molecule has 4 nitrogen and oxygen atoms in total. The third kappa shape index (κ3) is 2.59. The lowest BCUT2D eigenvalue weighted by atomic mass is 10.1. The quantitative estimate of drug-likeness (QED) is 0.895. The van der Waals surface area contributed by atoms with Gasteiger partial charge in [-0.15, -0.1) is 0 Å². The summed E-state index contributed by atoms with van der Waals surface area (Å²) in [6.07, 6.45) is 2.80. The molecule has 1 heterocycles. The Morgan fingerprint density at radius 3 is 2.95 bits per heavy atom. The molecule has 1 aromatic carbocycles. The number of carbonyl (C=O) groups is 1. The number of amides is 1. The molecule has 108 valence electrons. The van der Waals surface area contributed by atoms with E-state index < -0.39 is 5.91 Å². The highest BCUT2D eigenvalue weighted by atomic mass is 35.5. The van der Waals surface area contributed by atoms with E-state index in [9.17, 15) is 9.59 Å². The van der Waals surface area contributed by atoms with Crippen molar-refractivity contribution in [2.24, 2.45) is 0 Å². The Kier molecular flexibility index (Phi) is 3.55. The molecule has 0 fully saturated rings. The minimum Gasteiger partial charge on any atom is -0.325 e. The first-order chi connectivity index (χ1) is 10.1. The van der Waals surface area contributed by atoms with Crippen molar-refractivity contribution in [3.05, 3.63) is 62.0 Å². The van der Waals surface area contributed by atoms with Gasteiger partial charge in [-0.1, -0.05) is 17.7 Å². The predicted molar refractivity (Wildman–Crippen MR) is 83.2 cm³/mol. The Labute approximate surface area is 127 Å². The number of halogens is 1. The van der Waals surface area contributed by atoms with Crippen molar-refractivity contribution >= 4 is 23.2 Å². The number of aromatic nitrogens is 1. The van der Waals surface area contributed by atoms with Crippen LogP contribution in [0.1, 0.15) is 33.6 Å². The third-order valence-corrected chi connectivity index (χ3v) is 4.26. The molecule has 1 aliphatic rings. The van der Waals surface area contributed by atoms with E-state index in [2.05, 4.69) is 10.3 Å². The number of benzene rings is 1.